The van der Waals surface area contributed by atoms with Crippen LogP contribution < -0.4 is 0 Å². The van der Waals surface area contributed by atoms with Gasteiger partial charge in [0.05, 0.1) is 0 Å². The van der Waals surface area contributed by atoms with E-state index in [9.17, 15) is 0 Å². The molecule has 26 heavy (non-hydrogen) atoms. The first kappa shape index (κ1) is 23.1. The largest absolute Gasteiger partial charge is 0.328 e. The highest BCUT2D eigenvalue weighted by Gasteiger charge is 2.41. The van der Waals surface area contributed by atoms with Gasteiger partial charge in [0.25, 0.3) is 5.97 Å². The molecule has 0 saturated heterocycles. The van der Waals surface area contributed by atoms with Crippen molar-refractivity contribution in [3.05, 3.63) is 35.9 Å². The van der Waals surface area contributed by atoms with Crippen LogP contribution in [0.2, 0.25) is 0 Å². The van der Waals surface area contributed by atoms with E-state index in [2.05, 4.69) is 37.3 Å². The van der Waals surface area contributed by atoms with Gasteiger partial charge in [-0.05, 0) is 39.2 Å². The molecule has 1 aromatic carbocycles. The fourth-order valence-electron chi connectivity index (χ4n) is 3.56. The molecule has 0 radical (unpaired) electrons. The van der Waals surface area contributed by atoms with E-state index < -0.39 is 5.97 Å². The van der Waals surface area contributed by atoms with Crippen LogP contribution in [0.15, 0.2) is 30.3 Å². The molecule has 3 heteroatoms. The van der Waals surface area contributed by atoms with Crippen LogP contribution in [0.1, 0.15) is 78.2 Å². The molecule has 0 bridgehead atoms. The Labute approximate surface area is 161 Å². The standard InChI is InChI=1S/C23H40O3/c1-5-9-10-11-12-16-19-22(20-21-17-14-13-15-18-21)23(24-6-2,25-7-3)26-8-4/h13-15,17-18,22H,5-12,16,19-20H2,1-4H3. The predicted octanol–water partition coefficient (Wildman–Crippen LogP) is 6.36. The van der Waals surface area contributed by atoms with Crippen molar-refractivity contribution in [2.75, 3.05) is 19.8 Å². The van der Waals surface area contributed by atoms with E-state index in [0.717, 1.165) is 12.8 Å². The first-order valence-electron chi connectivity index (χ1n) is 10.7. The highest BCUT2D eigenvalue weighted by Crippen LogP contribution is 2.33. The van der Waals surface area contributed by atoms with E-state index in [-0.39, 0.29) is 5.92 Å². The molecule has 0 heterocycles. The first-order valence-corrected chi connectivity index (χ1v) is 10.7. The van der Waals surface area contributed by atoms with Crippen molar-refractivity contribution in [3.8, 4) is 0 Å². The Kier molecular flexibility index (Phi) is 12.6. The normalized spacial score (nSPS) is 13.1. The first-order chi connectivity index (χ1) is 12.7. The molecule has 0 fully saturated rings. The second-order valence-corrected chi connectivity index (χ2v) is 6.85. The third-order valence-electron chi connectivity index (χ3n) is 4.77. The summed E-state index contributed by atoms with van der Waals surface area (Å²) in [5.74, 6) is -0.742. The van der Waals surface area contributed by atoms with Gasteiger partial charge < -0.3 is 14.2 Å². The summed E-state index contributed by atoms with van der Waals surface area (Å²) in [4.78, 5) is 0. The van der Waals surface area contributed by atoms with Gasteiger partial charge in [0, 0.05) is 25.7 Å². The van der Waals surface area contributed by atoms with Crippen LogP contribution >= 0.6 is 0 Å². The van der Waals surface area contributed by atoms with Gasteiger partial charge in [0.2, 0.25) is 0 Å². The predicted molar refractivity (Wildman–Crippen MR) is 109 cm³/mol. The summed E-state index contributed by atoms with van der Waals surface area (Å²) in [7, 11) is 0. The summed E-state index contributed by atoms with van der Waals surface area (Å²) in [5.41, 5.74) is 1.31. The Morgan fingerprint density at radius 1 is 0.731 bits per heavy atom. The zero-order valence-electron chi connectivity index (χ0n) is 17.5. The van der Waals surface area contributed by atoms with Crippen molar-refractivity contribution in [2.24, 2.45) is 5.92 Å². The van der Waals surface area contributed by atoms with Crippen molar-refractivity contribution < 1.29 is 14.2 Å². The van der Waals surface area contributed by atoms with Crippen LogP contribution in [0, 0.1) is 5.92 Å². The summed E-state index contributed by atoms with van der Waals surface area (Å²) in [5, 5.41) is 0. The minimum atomic E-state index is -0.933. The average molecular weight is 365 g/mol. The molecule has 3 nitrogen and oxygen atoms in total. The minimum absolute atomic E-state index is 0.191. The Balaban J connectivity index is 2.83. The number of hydrogen-bond donors (Lipinski definition) is 0. The molecule has 0 aliphatic rings. The van der Waals surface area contributed by atoms with Crippen molar-refractivity contribution in [2.45, 2.75) is 85.0 Å². The second-order valence-electron chi connectivity index (χ2n) is 6.85. The van der Waals surface area contributed by atoms with E-state index >= 15 is 0 Å². The summed E-state index contributed by atoms with van der Waals surface area (Å²) in [6.07, 6.45) is 9.72. The molecule has 0 spiro atoms. The third-order valence-corrected chi connectivity index (χ3v) is 4.77. The van der Waals surface area contributed by atoms with Crippen LogP contribution in [0.5, 0.6) is 0 Å². The van der Waals surface area contributed by atoms with Gasteiger partial charge in [0.1, 0.15) is 0 Å². The maximum atomic E-state index is 6.10. The zero-order chi connectivity index (χ0) is 19.1. The smallest absolute Gasteiger partial charge is 0.286 e. The van der Waals surface area contributed by atoms with Gasteiger partial charge >= 0.3 is 0 Å². The topological polar surface area (TPSA) is 27.7 Å². The maximum Gasteiger partial charge on any atom is 0.286 e. The molecule has 0 aromatic heterocycles. The highest BCUT2D eigenvalue weighted by molar-refractivity contribution is 5.15. The molecular weight excluding hydrogens is 324 g/mol. The van der Waals surface area contributed by atoms with E-state index in [1.54, 1.807) is 0 Å². The van der Waals surface area contributed by atoms with Gasteiger partial charge in [-0.15, -0.1) is 0 Å². The van der Waals surface area contributed by atoms with E-state index in [1.807, 2.05) is 20.8 Å². The molecule has 1 atom stereocenters. The summed E-state index contributed by atoms with van der Waals surface area (Å²) >= 11 is 0. The molecule has 150 valence electrons. The van der Waals surface area contributed by atoms with Crippen LogP contribution in [0.25, 0.3) is 0 Å². The molecule has 1 rings (SSSR count). The van der Waals surface area contributed by atoms with Crippen molar-refractivity contribution >= 4 is 0 Å². The van der Waals surface area contributed by atoms with Gasteiger partial charge in [-0.2, -0.15) is 0 Å². The number of unbranched alkanes of at least 4 members (excludes halogenated alkanes) is 5. The highest BCUT2D eigenvalue weighted by atomic mass is 16.9. The van der Waals surface area contributed by atoms with Gasteiger partial charge in [-0.1, -0.05) is 75.8 Å². The molecular formula is C23H40O3. The monoisotopic (exact) mass is 364 g/mol. The van der Waals surface area contributed by atoms with Crippen molar-refractivity contribution in [1.82, 2.24) is 0 Å². The molecule has 0 amide bonds. The summed E-state index contributed by atoms with van der Waals surface area (Å²) in [6, 6.07) is 10.6. The third kappa shape index (κ3) is 8.20. The molecule has 1 unspecified atom stereocenters. The molecule has 0 saturated carbocycles. The average Bonchev–Trinajstić information content (AvgIpc) is 2.65. The maximum absolute atomic E-state index is 6.10. The second kappa shape index (κ2) is 14.2. The SMILES string of the molecule is CCCCCCCCC(Cc1ccccc1)C(OCC)(OCC)OCC. The van der Waals surface area contributed by atoms with Crippen LogP contribution in [-0.2, 0) is 20.6 Å². The lowest BCUT2D eigenvalue weighted by molar-refractivity contribution is -0.402. The zero-order valence-corrected chi connectivity index (χ0v) is 17.5. The quantitative estimate of drug-likeness (QED) is 0.252. The van der Waals surface area contributed by atoms with Gasteiger partial charge in [0.15, 0.2) is 0 Å². The molecule has 0 N–H and O–H groups in total. The Morgan fingerprint density at radius 2 is 1.27 bits per heavy atom. The molecule has 1 aromatic rings. The number of benzene rings is 1. The van der Waals surface area contributed by atoms with Crippen LogP contribution in [0.3, 0.4) is 0 Å². The Hall–Kier alpha value is -0.900. The molecule has 0 aliphatic heterocycles. The lowest BCUT2D eigenvalue weighted by Gasteiger charge is -2.39. The lowest BCUT2D eigenvalue weighted by atomic mass is 9.90. The fraction of sp³-hybridized carbons (Fsp3) is 0.739. The summed E-state index contributed by atoms with van der Waals surface area (Å²) < 4.78 is 18.3. The number of rotatable bonds is 16. The van der Waals surface area contributed by atoms with E-state index in [4.69, 9.17) is 14.2 Å². The number of ether oxygens (including phenoxy) is 3. The molecule has 0 aliphatic carbocycles. The van der Waals surface area contributed by atoms with E-state index in [0.29, 0.717) is 19.8 Å². The van der Waals surface area contributed by atoms with E-state index in [1.165, 1.54) is 44.1 Å². The Morgan fingerprint density at radius 3 is 1.81 bits per heavy atom. The van der Waals surface area contributed by atoms with Crippen molar-refractivity contribution in [3.63, 3.8) is 0 Å². The minimum Gasteiger partial charge on any atom is -0.328 e. The van der Waals surface area contributed by atoms with Gasteiger partial charge in [-0.3, -0.25) is 0 Å². The Bertz CT molecular complexity index is 415. The number of hydrogen-bond acceptors (Lipinski definition) is 3. The lowest BCUT2D eigenvalue weighted by Crippen LogP contribution is -2.47. The van der Waals surface area contributed by atoms with Crippen molar-refractivity contribution in [1.29, 1.82) is 0 Å². The van der Waals surface area contributed by atoms with Crippen LogP contribution in [0.4, 0.5) is 0 Å². The van der Waals surface area contributed by atoms with Crippen LogP contribution in [-0.4, -0.2) is 25.8 Å². The fourth-order valence-corrected chi connectivity index (χ4v) is 3.56. The van der Waals surface area contributed by atoms with Gasteiger partial charge in [-0.25, -0.2) is 0 Å². The summed E-state index contributed by atoms with van der Waals surface area (Å²) in [6.45, 7) is 10.0.